The van der Waals surface area contributed by atoms with Crippen LogP contribution in [-0.2, 0) is 98.6 Å². The monoisotopic (exact) mass is 1340 g/mol. The molecule has 4 bridgehead atoms. The number of nitrogens with two attached hydrogens (primary N) is 1. The van der Waals surface area contributed by atoms with E-state index >= 15 is 0 Å². The number of ether oxygens (including phenoxy) is 7. The van der Waals surface area contributed by atoms with Gasteiger partial charge in [-0.1, -0.05) is 97.7 Å². The molecule has 1 unspecified atom stereocenters. The molecule has 6 aliphatic rings. The van der Waals surface area contributed by atoms with Crippen LogP contribution >= 0.6 is 23.2 Å². The molecule has 5 aliphatic carbocycles. The van der Waals surface area contributed by atoms with Gasteiger partial charge in [-0.25, -0.2) is 9.68 Å². The molecular weight excluding hydrogens is 1250 g/mol. The Labute approximate surface area is 561 Å². The third-order valence-electron chi connectivity index (χ3n) is 18.7. The van der Waals surface area contributed by atoms with Crippen LogP contribution < -0.4 is 37.1 Å². The number of anilines is 1. The second-order valence-corrected chi connectivity index (χ2v) is 26.6. The highest BCUT2D eigenvalue weighted by Gasteiger charge is 2.77. The van der Waals surface area contributed by atoms with Crippen molar-refractivity contribution in [1.29, 1.82) is 0 Å². The fourth-order valence-electron chi connectivity index (χ4n) is 14.4. The van der Waals surface area contributed by atoms with Crippen LogP contribution in [0, 0.1) is 35.5 Å². The predicted octanol–water partition coefficient (Wildman–Crippen LogP) is 8.51. The average Bonchev–Trinajstić information content (AvgIpc) is 0.744. The Morgan fingerprint density at radius 1 is 0.660 bits per heavy atom. The molecule has 7 N–H and O–H groups in total. The second-order valence-electron chi connectivity index (χ2n) is 25.8. The van der Waals surface area contributed by atoms with E-state index in [-0.39, 0.29) is 73.5 Å². The first-order valence-corrected chi connectivity index (χ1v) is 33.7. The van der Waals surface area contributed by atoms with Crippen molar-refractivity contribution in [3.63, 3.8) is 0 Å². The molecule has 94 heavy (non-hydrogen) atoms. The number of methoxy groups -OCH3 is 2. The summed E-state index contributed by atoms with van der Waals surface area (Å²) in [6.07, 6.45) is 10.8. The van der Waals surface area contributed by atoms with Crippen LogP contribution in [0.15, 0.2) is 91.0 Å². The Morgan fingerprint density at radius 2 is 1.26 bits per heavy atom. The summed E-state index contributed by atoms with van der Waals surface area (Å²) >= 11 is 13.7. The quantitative estimate of drug-likeness (QED) is 0.0107. The number of hydrogen-bond acceptors (Lipinski definition) is 16. The maximum atomic E-state index is 14.6. The number of nitrogens with one attached hydrogen (secondary N) is 5. The second kappa shape index (κ2) is 34.4. The molecule has 5 amide bonds. The average molecular weight is 1340 g/mol. The van der Waals surface area contributed by atoms with Crippen LogP contribution in [0.5, 0.6) is 5.75 Å². The Morgan fingerprint density at radius 3 is 1.84 bits per heavy atom. The minimum atomic E-state index is -1.31. The molecule has 5 atom stereocenters. The summed E-state index contributed by atoms with van der Waals surface area (Å²) in [6.45, 7) is 8.32. The first kappa shape index (κ1) is 71.8. The van der Waals surface area contributed by atoms with Crippen LogP contribution in [0.25, 0.3) is 6.08 Å². The predicted molar refractivity (Wildman–Crippen MR) is 354 cm³/mol. The molecule has 0 radical (unpaired) electrons. The lowest BCUT2D eigenvalue weighted by molar-refractivity contribution is -0.645. The molecule has 5 fully saturated rings. The van der Waals surface area contributed by atoms with E-state index in [1.807, 2.05) is 50.2 Å². The Kier molecular flexibility index (Phi) is 26.3. The zero-order valence-electron chi connectivity index (χ0n) is 54.5. The van der Waals surface area contributed by atoms with E-state index in [1.54, 1.807) is 68.8 Å². The van der Waals surface area contributed by atoms with Crippen molar-refractivity contribution in [1.82, 2.24) is 21.3 Å². The van der Waals surface area contributed by atoms with E-state index < -0.39 is 71.1 Å². The number of rotatable bonds is 37. The molecule has 0 aromatic heterocycles. The lowest BCUT2D eigenvalue weighted by Crippen LogP contribution is -2.76. The molecule has 21 nitrogen and oxygen atoms in total. The van der Waals surface area contributed by atoms with Crippen molar-refractivity contribution in [2.24, 2.45) is 41.2 Å². The maximum absolute atomic E-state index is 14.6. The number of hydrogen-bond donors (Lipinski definition) is 6. The zero-order valence-corrected chi connectivity index (χ0v) is 56.0. The van der Waals surface area contributed by atoms with E-state index in [0.717, 1.165) is 36.8 Å². The highest BCUT2D eigenvalue weighted by Crippen LogP contribution is 2.70. The van der Waals surface area contributed by atoms with Gasteiger partial charge >= 0.3 is 5.97 Å². The Balaban J connectivity index is 0.863. The van der Waals surface area contributed by atoms with Crippen LogP contribution in [0.3, 0.4) is 0 Å². The van der Waals surface area contributed by atoms with E-state index in [1.165, 1.54) is 19.4 Å². The van der Waals surface area contributed by atoms with Gasteiger partial charge < -0.3 is 65.5 Å². The molecular formula is C71H92Cl2N6O15. The van der Waals surface area contributed by atoms with Gasteiger partial charge in [-0.3, -0.25) is 24.0 Å². The van der Waals surface area contributed by atoms with E-state index in [9.17, 15) is 28.8 Å². The van der Waals surface area contributed by atoms with Crippen molar-refractivity contribution in [2.75, 3.05) is 78.9 Å². The van der Waals surface area contributed by atoms with Gasteiger partial charge in [0, 0.05) is 55.5 Å². The molecule has 23 heteroatoms. The summed E-state index contributed by atoms with van der Waals surface area (Å²) in [6, 6.07) is 21.1. The van der Waals surface area contributed by atoms with Crippen molar-refractivity contribution in [2.45, 2.75) is 140 Å². The van der Waals surface area contributed by atoms with Crippen molar-refractivity contribution >= 4 is 70.5 Å². The van der Waals surface area contributed by atoms with Gasteiger partial charge in [-0.05, 0) is 165 Å². The lowest BCUT2D eigenvalue weighted by Gasteiger charge is -2.68. The van der Waals surface area contributed by atoms with Gasteiger partial charge in [-0.2, -0.15) is 4.89 Å². The fourth-order valence-corrected chi connectivity index (χ4v) is 14.9. The number of fused-ring (bicyclic) bond motifs is 1. The smallest absolute Gasteiger partial charge is 0.330 e. The molecule has 4 aromatic rings. The van der Waals surface area contributed by atoms with Gasteiger partial charge in [0.15, 0.2) is 5.60 Å². The first-order chi connectivity index (χ1) is 45.4. The van der Waals surface area contributed by atoms with Crippen molar-refractivity contribution in [3.05, 3.63) is 134 Å². The molecule has 10 rings (SSSR count). The minimum absolute atomic E-state index is 0.0143. The molecule has 4 saturated carbocycles. The number of benzene rings is 4. The summed E-state index contributed by atoms with van der Waals surface area (Å²) < 4.78 is 39.9. The summed E-state index contributed by atoms with van der Waals surface area (Å²) in [5.41, 5.74) is 10.2. The molecule has 1 aliphatic heterocycles. The summed E-state index contributed by atoms with van der Waals surface area (Å²) in [5, 5.41) is 15.3. The fraction of sp³-hybridized carbons (Fsp3) is 0.549. The topological polar surface area (TPSA) is 272 Å². The van der Waals surface area contributed by atoms with E-state index in [2.05, 4.69) is 26.6 Å². The van der Waals surface area contributed by atoms with Gasteiger partial charge in [0.25, 0.3) is 5.79 Å². The molecule has 4 aromatic carbocycles. The first-order valence-electron chi connectivity index (χ1n) is 33.0. The number of halogens is 2. The van der Waals surface area contributed by atoms with Crippen LogP contribution in [-0.4, -0.2) is 139 Å². The third-order valence-corrected chi connectivity index (χ3v) is 19.3. The van der Waals surface area contributed by atoms with Gasteiger partial charge in [0.1, 0.15) is 43.1 Å². The number of carbonyl (C=O) groups is 6. The van der Waals surface area contributed by atoms with Crippen LogP contribution in [0.4, 0.5) is 5.69 Å². The molecule has 1 heterocycles. The zero-order chi connectivity index (χ0) is 66.8. The lowest BCUT2D eigenvalue weighted by atomic mass is 9.47. The van der Waals surface area contributed by atoms with Crippen molar-refractivity contribution in [3.8, 4) is 5.75 Å². The van der Waals surface area contributed by atoms with E-state index in [4.69, 9.17) is 71.9 Å². The Hall–Kier alpha value is -6.50. The number of unbranched alkanes of at least 4 members (excludes halogenated alkanes) is 1. The largest absolute Gasteiger partial charge is 0.487 e. The summed E-state index contributed by atoms with van der Waals surface area (Å²) in [7, 11) is 3.23. The minimum Gasteiger partial charge on any atom is -0.487 e. The van der Waals surface area contributed by atoms with Gasteiger partial charge in [-0.15, -0.1) is 0 Å². The molecule has 1 spiro atoms. The standard InChI is InChI=1S/C71H92Cl2N6O15/c1-44(2)34-60(78-66(82)59(12-8-9-25-74)77-68(84)61(40-46-13-19-56(72)20-14-46)79-69(85)64(75-45(3)80)53-41-51-10-6-7-11-52(51)42-53)67(83)76-57-21-15-47(16-22-57)43-92-65-50(18-24-62(81)91-33-32-90-31-30-89-29-28-88-27-26-86-4)17-23-58(63(65)73)71(87-5)70(93-94-71)54-36-48-35-49(38-54)39-55(70)37-48/h6-7,10-11,13-24,44,48-49,53-55,59-61,64H,8-9,12,25-43,74H2,1-5H3,(H,75,80)(H,76,83)(H,77,84)(H,78,82)(H,79,85)/b24-18+/t48?,49?,54?,55?,59-,60-,61-,64-,70?,71?/m0/s1. The SMILES string of the molecule is COCCOCCOCCOCCOC(=O)/C=C/c1ccc(C2(OC)OOC23C2CC4CC(C2)CC3C4)c(Cl)c1OCc1ccc(NC(=O)[C@H](CC(C)C)NC(=O)[C@H](CCCCN)NC(=O)[C@H](Cc2ccc(Cl)cc2)NC(=O)[C@@H](NC(C)=O)C2Cc3ccccc3C2)cc1. The normalized spacial score (nSPS) is 22.3. The van der Waals surface area contributed by atoms with Crippen LogP contribution in [0.2, 0.25) is 10.0 Å². The van der Waals surface area contributed by atoms with Gasteiger partial charge in [0.05, 0.1) is 51.3 Å². The Bertz CT molecular complexity index is 3190. The van der Waals surface area contributed by atoms with Crippen molar-refractivity contribution < 1.29 is 71.7 Å². The van der Waals surface area contributed by atoms with E-state index in [0.29, 0.717) is 117 Å². The highest BCUT2D eigenvalue weighted by molar-refractivity contribution is 6.33. The maximum Gasteiger partial charge on any atom is 0.330 e. The molecule has 510 valence electrons. The third kappa shape index (κ3) is 18.1. The highest BCUT2D eigenvalue weighted by atomic mass is 35.5. The van der Waals surface area contributed by atoms with Crippen LogP contribution in [0.1, 0.15) is 112 Å². The summed E-state index contributed by atoms with van der Waals surface area (Å²) in [5.74, 6) is -2.88. The number of esters is 1. The number of amides is 5. The van der Waals surface area contributed by atoms with Gasteiger partial charge in [0.2, 0.25) is 29.5 Å². The summed E-state index contributed by atoms with van der Waals surface area (Å²) in [4.78, 5) is 95.9. The number of carbonyl (C=O) groups excluding carboxylic acids is 6. The molecule has 1 saturated heterocycles.